The van der Waals surface area contributed by atoms with Crippen LogP contribution in [0, 0.1) is 6.92 Å². The van der Waals surface area contributed by atoms with Crippen LogP contribution in [-0.2, 0) is 17.6 Å². The second kappa shape index (κ2) is 4.73. The van der Waals surface area contributed by atoms with Crippen LogP contribution in [0.4, 0.5) is 0 Å². The Hall–Kier alpha value is -1.25. The quantitative estimate of drug-likeness (QED) is 0.616. The van der Waals surface area contributed by atoms with Crippen molar-refractivity contribution in [3.8, 4) is 0 Å². The van der Waals surface area contributed by atoms with Crippen molar-refractivity contribution in [1.82, 2.24) is 4.98 Å². The Morgan fingerprint density at radius 3 is 2.81 bits per heavy atom. The highest BCUT2D eigenvalue weighted by Gasteiger charge is 2.20. The highest BCUT2D eigenvalue weighted by atomic mass is 16.5. The number of H-pyrrole nitrogens is 1. The Kier molecular flexibility index (Phi) is 3.32. The third-order valence-corrected chi connectivity index (χ3v) is 3.30. The number of aromatic amines is 1. The minimum absolute atomic E-state index is 0.215. The van der Waals surface area contributed by atoms with E-state index < -0.39 is 0 Å². The van der Waals surface area contributed by atoms with Gasteiger partial charge in [-0.15, -0.1) is 0 Å². The van der Waals surface area contributed by atoms with Crippen molar-refractivity contribution in [2.75, 3.05) is 6.61 Å². The van der Waals surface area contributed by atoms with Crippen LogP contribution in [0.25, 0.3) is 0 Å². The summed E-state index contributed by atoms with van der Waals surface area (Å²) in [6, 6.07) is 0. The van der Waals surface area contributed by atoms with Crippen LogP contribution in [0.5, 0.6) is 0 Å². The van der Waals surface area contributed by atoms with E-state index in [1.807, 2.05) is 13.8 Å². The number of nitrogens with one attached hydrogen (secondary N) is 1. The van der Waals surface area contributed by atoms with Crippen molar-refractivity contribution in [2.24, 2.45) is 0 Å². The van der Waals surface area contributed by atoms with Crippen molar-refractivity contribution < 1.29 is 9.53 Å². The molecule has 0 aliphatic heterocycles. The van der Waals surface area contributed by atoms with E-state index in [0.717, 1.165) is 18.4 Å². The van der Waals surface area contributed by atoms with E-state index in [4.69, 9.17) is 4.74 Å². The molecule has 1 aromatic heterocycles. The normalized spacial score (nSPS) is 15.4. The number of fused-ring (bicyclic) bond motifs is 1. The summed E-state index contributed by atoms with van der Waals surface area (Å²) in [4.78, 5) is 15.0. The van der Waals surface area contributed by atoms with Gasteiger partial charge in [0.05, 0.1) is 6.61 Å². The summed E-state index contributed by atoms with van der Waals surface area (Å²) >= 11 is 0. The Morgan fingerprint density at radius 2 is 2.06 bits per heavy atom. The molecule has 0 saturated heterocycles. The SMILES string of the molecule is CCOC(=O)c1[nH]c2c(c1C)CCCCC2. The molecule has 0 radical (unpaired) electrons. The van der Waals surface area contributed by atoms with E-state index >= 15 is 0 Å². The van der Waals surface area contributed by atoms with Crippen LogP contribution in [0.15, 0.2) is 0 Å². The Labute approximate surface area is 96.2 Å². The zero-order chi connectivity index (χ0) is 11.5. The van der Waals surface area contributed by atoms with Gasteiger partial charge in [-0.05, 0) is 50.7 Å². The molecule has 1 aliphatic rings. The van der Waals surface area contributed by atoms with Crippen molar-refractivity contribution >= 4 is 5.97 Å². The molecule has 1 heterocycles. The molecule has 1 N–H and O–H groups in total. The number of aromatic nitrogens is 1. The fourth-order valence-corrected chi connectivity index (χ4v) is 2.44. The van der Waals surface area contributed by atoms with Crippen molar-refractivity contribution in [3.63, 3.8) is 0 Å². The van der Waals surface area contributed by atoms with E-state index in [-0.39, 0.29) is 5.97 Å². The first kappa shape index (κ1) is 11.2. The van der Waals surface area contributed by atoms with Crippen LogP contribution in [-0.4, -0.2) is 17.6 Å². The number of carbonyl (C=O) groups excluding carboxylic acids is 1. The first-order valence-electron chi connectivity index (χ1n) is 6.11. The van der Waals surface area contributed by atoms with Gasteiger partial charge < -0.3 is 9.72 Å². The summed E-state index contributed by atoms with van der Waals surface area (Å²) in [5, 5.41) is 0. The second-order valence-corrected chi connectivity index (χ2v) is 4.36. The van der Waals surface area contributed by atoms with Crippen LogP contribution in [0.3, 0.4) is 0 Å². The van der Waals surface area contributed by atoms with Crippen molar-refractivity contribution in [2.45, 2.75) is 46.0 Å². The second-order valence-electron chi connectivity index (χ2n) is 4.36. The predicted molar refractivity (Wildman–Crippen MR) is 62.7 cm³/mol. The molecule has 0 bridgehead atoms. The number of esters is 1. The maximum Gasteiger partial charge on any atom is 0.355 e. The van der Waals surface area contributed by atoms with Gasteiger partial charge >= 0.3 is 5.97 Å². The molecule has 0 aromatic carbocycles. The number of hydrogen-bond acceptors (Lipinski definition) is 2. The monoisotopic (exact) mass is 221 g/mol. The summed E-state index contributed by atoms with van der Waals surface area (Å²) < 4.78 is 5.05. The van der Waals surface area contributed by atoms with Gasteiger partial charge in [-0.25, -0.2) is 4.79 Å². The molecule has 1 aromatic rings. The molecular formula is C13H19NO2. The fraction of sp³-hybridized carbons (Fsp3) is 0.615. The standard InChI is InChI=1S/C13H19NO2/c1-3-16-13(15)12-9(2)10-7-5-4-6-8-11(10)14-12/h14H,3-8H2,1-2H3. The number of hydrogen-bond donors (Lipinski definition) is 1. The van der Waals surface area contributed by atoms with Gasteiger partial charge in [-0.1, -0.05) is 6.42 Å². The molecule has 1 aliphatic carbocycles. The van der Waals surface area contributed by atoms with Gasteiger partial charge in [0.1, 0.15) is 5.69 Å². The molecule has 0 fully saturated rings. The number of rotatable bonds is 2. The van der Waals surface area contributed by atoms with Crippen LogP contribution >= 0.6 is 0 Å². The average Bonchev–Trinajstić information content (AvgIpc) is 2.47. The van der Waals surface area contributed by atoms with Gasteiger partial charge in [-0.3, -0.25) is 0 Å². The molecule has 0 spiro atoms. The third-order valence-electron chi connectivity index (χ3n) is 3.30. The van der Waals surface area contributed by atoms with Crippen molar-refractivity contribution in [1.29, 1.82) is 0 Å². The van der Waals surface area contributed by atoms with Crippen LogP contribution in [0.1, 0.15) is 53.5 Å². The van der Waals surface area contributed by atoms with Gasteiger partial charge in [0.15, 0.2) is 0 Å². The third kappa shape index (κ3) is 1.99. The van der Waals surface area contributed by atoms with E-state index in [2.05, 4.69) is 4.98 Å². The lowest BCUT2D eigenvalue weighted by Crippen LogP contribution is -2.07. The number of ether oxygens (including phenoxy) is 1. The molecular weight excluding hydrogens is 202 g/mol. The summed E-state index contributed by atoms with van der Waals surface area (Å²) in [5.41, 5.74) is 4.35. The minimum Gasteiger partial charge on any atom is -0.461 e. The fourth-order valence-electron chi connectivity index (χ4n) is 2.44. The van der Waals surface area contributed by atoms with Gasteiger partial charge in [0.25, 0.3) is 0 Å². The predicted octanol–water partition coefficient (Wildman–Crippen LogP) is 2.77. The van der Waals surface area contributed by atoms with E-state index in [1.165, 1.54) is 30.5 Å². The van der Waals surface area contributed by atoms with E-state index in [9.17, 15) is 4.79 Å². The first-order valence-corrected chi connectivity index (χ1v) is 6.11. The van der Waals surface area contributed by atoms with Crippen molar-refractivity contribution in [3.05, 3.63) is 22.5 Å². The maximum absolute atomic E-state index is 11.7. The molecule has 2 rings (SSSR count). The molecule has 88 valence electrons. The molecule has 0 amide bonds. The molecule has 0 unspecified atom stereocenters. The topological polar surface area (TPSA) is 42.1 Å². The maximum atomic E-state index is 11.7. The molecule has 0 atom stereocenters. The van der Waals surface area contributed by atoms with Gasteiger partial charge in [-0.2, -0.15) is 0 Å². The van der Waals surface area contributed by atoms with E-state index in [0.29, 0.717) is 12.3 Å². The van der Waals surface area contributed by atoms with E-state index in [1.54, 1.807) is 0 Å². The summed E-state index contributed by atoms with van der Waals surface area (Å²) in [5.74, 6) is -0.215. The van der Waals surface area contributed by atoms with Crippen LogP contribution in [0.2, 0.25) is 0 Å². The van der Waals surface area contributed by atoms with Gasteiger partial charge in [0, 0.05) is 5.69 Å². The molecule has 16 heavy (non-hydrogen) atoms. The summed E-state index contributed by atoms with van der Waals surface area (Å²) in [6.45, 7) is 4.29. The Bertz CT molecular complexity index is 393. The highest BCUT2D eigenvalue weighted by Crippen LogP contribution is 2.26. The highest BCUT2D eigenvalue weighted by molar-refractivity contribution is 5.89. The molecule has 3 heteroatoms. The molecule has 3 nitrogen and oxygen atoms in total. The minimum atomic E-state index is -0.215. The largest absolute Gasteiger partial charge is 0.461 e. The lowest BCUT2D eigenvalue weighted by atomic mass is 10.1. The lowest BCUT2D eigenvalue weighted by Gasteiger charge is -2.01. The number of carbonyl (C=O) groups is 1. The zero-order valence-corrected chi connectivity index (χ0v) is 10.1. The Balaban J connectivity index is 2.31. The van der Waals surface area contributed by atoms with Gasteiger partial charge in [0.2, 0.25) is 0 Å². The van der Waals surface area contributed by atoms with Crippen LogP contribution < -0.4 is 0 Å². The average molecular weight is 221 g/mol. The first-order chi connectivity index (χ1) is 7.74. The summed E-state index contributed by atoms with van der Waals surface area (Å²) in [6.07, 6.45) is 5.90. The smallest absolute Gasteiger partial charge is 0.355 e. The Morgan fingerprint density at radius 1 is 1.31 bits per heavy atom. The number of aryl methyl sites for hydroxylation is 1. The zero-order valence-electron chi connectivity index (χ0n) is 10.1. The molecule has 0 saturated carbocycles. The lowest BCUT2D eigenvalue weighted by molar-refractivity contribution is 0.0519. The summed E-state index contributed by atoms with van der Waals surface area (Å²) in [7, 11) is 0.